The predicted molar refractivity (Wildman–Crippen MR) is 81.5 cm³/mol. The van der Waals surface area contributed by atoms with Crippen molar-refractivity contribution in [3.63, 3.8) is 0 Å². The van der Waals surface area contributed by atoms with Crippen molar-refractivity contribution in [1.29, 1.82) is 0 Å². The zero-order valence-corrected chi connectivity index (χ0v) is 12.5. The molecule has 1 saturated carbocycles. The Balaban J connectivity index is 1.58. The first-order chi connectivity index (χ1) is 10.6. The van der Waals surface area contributed by atoms with E-state index in [1.54, 1.807) is 17.3 Å². The summed E-state index contributed by atoms with van der Waals surface area (Å²) in [6.07, 6.45) is 6.99. The molecule has 22 heavy (non-hydrogen) atoms. The predicted octanol–water partition coefficient (Wildman–Crippen LogP) is 1.37. The molecule has 0 unspecified atom stereocenters. The van der Waals surface area contributed by atoms with E-state index in [-0.39, 0.29) is 24.4 Å². The minimum absolute atomic E-state index is 0.0271. The average Bonchev–Trinajstić information content (AvgIpc) is 3.38. The van der Waals surface area contributed by atoms with E-state index >= 15 is 0 Å². The molecule has 0 spiro atoms. The summed E-state index contributed by atoms with van der Waals surface area (Å²) in [6, 6.07) is 4.11. The van der Waals surface area contributed by atoms with E-state index in [0.29, 0.717) is 0 Å². The number of carboxylic acids is 1. The number of hydrogen-bond donors (Lipinski definition) is 1. The lowest BCUT2D eigenvalue weighted by Crippen LogP contribution is -2.45. The molecule has 2 aliphatic rings. The van der Waals surface area contributed by atoms with Crippen molar-refractivity contribution in [2.24, 2.45) is 5.92 Å². The third-order valence-corrected chi connectivity index (χ3v) is 4.45. The highest BCUT2D eigenvalue weighted by atomic mass is 16.4. The van der Waals surface area contributed by atoms with Gasteiger partial charge in [-0.3, -0.25) is 14.6 Å². The van der Waals surface area contributed by atoms with Crippen molar-refractivity contribution in [2.75, 3.05) is 24.5 Å². The molecule has 0 aromatic carbocycles. The van der Waals surface area contributed by atoms with Gasteiger partial charge in [0.05, 0.1) is 0 Å². The number of piperidine rings is 1. The Bertz CT molecular complexity index is 537. The number of pyridine rings is 1. The van der Waals surface area contributed by atoms with Gasteiger partial charge in [0.15, 0.2) is 0 Å². The second-order valence-electron chi connectivity index (χ2n) is 6.06. The number of carbonyl (C=O) groups excluding carboxylic acids is 1. The lowest BCUT2D eigenvalue weighted by atomic mass is 9.94. The molecule has 3 rings (SSSR count). The number of carboxylic acid groups (broad SMARTS) is 1. The molecule has 1 aromatic heterocycles. The van der Waals surface area contributed by atoms with Crippen LogP contribution >= 0.6 is 0 Å². The lowest BCUT2D eigenvalue weighted by Gasteiger charge is -2.35. The Labute approximate surface area is 129 Å². The van der Waals surface area contributed by atoms with Crippen LogP contribution in [-0.2, 0) is 9.59 Å². The van der Waals surface area contributed by atoms with Gasteiger partial charge < -0.3 is 14.9 Å². The van der Waals surface area contributed by atoms with Crippen LogP contribution in [0, 0.1) is 5.92 Å². The van der Waals surface area contributed by atoms with E-state index in [9.17, 15) is 9.59 Å². The fourth-order valence-corrected chi connectivity index (χ4v) is 3.09. The van der Waals surface area contributed by atoms with E-state index in [1.807, 2.05) is 12.1 Å². The van der Waals surface area contributed by atoms with Gasteiger partial charge in [-0.05, 0) is 37.8 Å². The summed E-state index contributed by atoms with van der Waals surface area (Å²) in [5.41, 5.74) is 1.13. The largest absolute Gasteiger partial charge is 0.480 e. The van der Waals surface area contributed by atoms with E-state index in [1.165, 1.54) is 0 Å². The summed E-state index contributed by atoms with van der Waals surface area (Å²) >= 11 is 0. The van der Waals surface area contributed by atoms with Crippen molar-refractivity contribution in [2.45, 2.75) is 31.7 Å². The first-order valence-electron chi connectivity index (χ1n) is 7.82. The smallest absolute Gasteiger partial charge is 0.323 e. The van der Waals surface area contributed by atoms with Gasteiger partial charge in [-0.15, -0.1) is 0 Å². The molecule has 0 atom stereocenters. The Morgan fingerprint density at radius 3 is 2.36 bits per heavy atom. The number of carbonyl (C=O) groups is 2. The summed E-state index contributed by atoms with van der Waals surface area (Å²) in [4.78, 5) is 31.4. The minimum atomic E-state index is -0.922. The van der Waals surface area contributed by atoms with E-state index in [4.69, 9.17) is 5.11 Å². The molecular weight excluding hydrogens is 282 g/mol. The molecule has 118 valence electrons. The molecule has 2 heterocycles. The fourth-order valence-electron chi connectivity index (χ4n) is 3.09. The first kappa shape index (κ1) is 14.8. The molecule has 2 fully saturated rings. The highest BCUT2D eigenvalue weighted by Gasteiger charge is 2.37. The van der Waals surface area contributed by atoms with Crippen LogP contribution in [0.1, 0.15) is 25.7 Å². The summed E-state index contributed by atoms with van der Waals surface area (Å²) in [6.45, 7) is 1.49. The molecule has 6 nitrogen and oxygen atoms in total. The van der Waals surface area contributed by atoms with Crippen molar-refractivity contribution in [1.82, 2.24) is 9.88 Å². The zero-order chi connectivity index (χ0) is 15.5. The molecule has 0 radical (unpaired) electrons. The van der Waals surface area contributed by atoms with Crippen LogP contribution in [0.3, 0.4) is 0 Å². The van der Waals surface area contributed by atoms with Gasteiger partial charge in [-0.1, -0.05) is 0 Å². The number of hydrogen-bond acceptors (Lipinski definition) is 4. The maximum atomic E-state index is 12.6. The zero-order valence-electron chi connectivity index (χ0n) is 12.5. The highest BCUT2D eigenvalue weighted by molar-refractivity contribution is 5.84. The van der Waals surface area contributed by atoms with Gasteiger partial charge in [-0.25, -0.2) is 0 Å². The minimum Gasteiger partial charge on any atom is -0.480 e. The van der Waals surface area contributed by atoms with Gasteiger partial charge in [0.2, 0.25) is 5.91 Å². The topological polar surface area (TPSA) is 73.7 Å². The van der Waals surface area contributed by atoms with Gasteiger partial charge in [0.25, 0.3) is 0 Å². The van der Waals surface area contributed by atoms with Gasteiger partial charge in [0.1, 0.15) is 6.54 Å². The third kappa shape index (κ3) is 3.37. The Kier molecular flexibility index (Phi) is 4.27. The standard InChI is InChI=1S/C16H21N3O3/c20-15(21)11-19(14-1-2-14)16(22)12-5-9-18(10-6-12)13-3-7-17-8-4-13/h3-4,7-8,12,14H,1-2,5-6,9-11H2,(H,20,21). The molecule has 1 saturated heterocycles. The van der Waals surface area contributed by atoms with Gasteiger partial charge in [0, 0.05) is 43.1 Å². The lowest BCUT2D eigenvalue weighted by molar-refractivity contribution is -0.147. The van der Waals surface area contributed by atoms with Crippen molar-refractivity contribution < 1.29 is 14.7 Å². The number of amides is 1. The highest BCUT2D eigenvalue weighted by Crippen LogP contribution is 2.31. The number of nitrogens with zero attached hydrogens (tertiary/aromatic N) is 3. The molecule has 1 amide bonds. The summed E-state index contributed by atoms with van der Waals surface area (Å²) in [5, 5.41) is 8.99. The molecule has 1 N–H and O–H groups in total. The third-order valence-electron chi connectivity index (χ3n) is 4.45. The van der Waals surface area contributed by atoms with Gasteiger partial charge >= 0.3 is 5.97 Å². The summed E-state index contributed by atoms with van der Waals surface area (Å²) in [7, 11) is 0. The van der Waals surface area contributed by atoms with Crippen LogP contribution < -0.4 is 4.90 Å². The second kappa shape index (κ2) is 6.34. The normalized spacial score (nSPS) is 19.0. The maximum Gasteiger partial charge on any atom is 0.323 e. The van der Waals surface area contributed by atoms with E-state index in [2.05, 4.69) is 9.88 Å². The van der Waals surface area contributed by atoms with Crippen LogP contribution in [-0.4, -0.2) is 52.5 Å². The van der Waals surface area contributed by atoms with Crippen LogP contribution in [0.4, 0.5) is 5.69 Å². The molecule has 6 heteroatoms. The van der Waals surface area contributed by atoms with Crippen LogP contribution in [0.5, 0.6) is 0 Å². The number of aromatic nitrogens is 1. The first-order valence-corrected chi connectivity index (χ1v) is 7.82. The summed E-state index contributed by atoms with van der Waals surface area (Å²) in [5.74, 6) is -0.938. The number of anilines is 1. The van der Waals surface area contributed by atoms with Crippen LogP contribution in [0.25, 0.3) is 0 Å². The SMILES string of the molecule is O=C(O)CN(C(=O)C1CCN(c2ccncc2)CC1)C1CC1. The fraction of sp³-hybridized carbons (Fsp3) is 0.562. The molecular formula is C16H21N3O3. The van der Waals surface area contributed by atoms with Crippen molar-refractivity contribution >= 4 is 17.6 Å². The molecule has 1 aliphatic heterocycles. The number of aliphatic carboxylic acids is 1. The summed E-state index contributed by atoms with van der Waals surface area (Å²) < 4.78 is 0. The maximum absolute atomic E-state index is 12.6. The molecule has 0 bridgehead atoms. The second-order valence-corrected chi connectivity index (χ2v) is 6.06. The van der Waals surface area contributed by atoms with Crippen molar-refractivity contribution in [3.8, 4) is 0 Å². The van der Waals surface area contributed by atoms with Crippen LogP contribution in [0.15, 0.2) is 24.5 Å². The van der Waals surface area contributed by atoms with E-state index < -0.39 is 5.97 Å². The van der Waals surface area contributed by atoms with E-state index in [0.717, 1.165) is 44.5 Å². The molecule has 1 aromatic rings. The Hall–Kier alpha value is -2.11. The van der Waals surface area contributed by atoms with Gasteiger partial charge in [-0.2, -0.15) is 0 Å². The molecule has 1 aliphatic carbocycles. The average molecular weight is 303 g/mol. The van der Waals surface area contributed by atoms with Crippen LogP contribution in [0.2, 0.25) is 0 Å². The number of rotatable bonds is 5. The Morgan fingerprint density at radius 1 is 1.18 bits per heavy atom. The quantitative estimate of drug-likeness (QED) is 0.889. The van der Waals surface area contributed by atoms with Crippen molar-refractivity contribution in [3.05, 3.63) is 24.5 Å². The Morgan fingerprint density at radius 2 is 1.82 bits per heavy atom. The monoisotopic (exact) mass is 303 g/mol.